The van der Waals surface area contributed by atoms with E-state index in [-0.39, 0.29) is 0 Å². The van der Waals surface area contributed by atoms with Gasteiger partial charge in [-0.3, -0.25) is 0 Å². The van der Waals surface area contributed by atoms with Gasteiger partial charge in [-0.1, -0.05) is 5.16 Å². The summed E-state index contributed by atoms with van der Waals surface area (Å²) in [6.07, 6.45) is 7.25. The third kappa shape index (κ3) is 1.11. The van der Waals surface area contributed by atoms with E-state index in [2.05, 4.69) is 15.6 Å². The minimum absolute atomic E-state index is 0.606. The molecular weight excluding hydrogens is 114 g/mol. The fraction of sp³-hybridized carbons (Fsp3) is 0.286. The van der Waals surface area contributed by atoms with Gasteiger partial charge in [0.1, 0.15) is 6.26 Å². The normalized spacial score (nSPS) is 8.89. The summed E-state index contributed by atoms with van der Waals surface area (Å²) in [6, 6.07) is 0. The molecule has 0 amide bonds. The van der Waals surface area contributed by atoms with E-state index >= 15 is 0 Å². The zero-order chi connectivity index (χ0) is 6.69. The van der Waals surface area contributed by atoms with Crippen LogP contribution in [0.5, 0.6) is 0 Å². The Morgan fingerprint density at radius 2 is 2.67 bits per heavy atom. The maximum Gasteiger partial charge on any atom is 0.128 e. The Bertz CT molecular complexity index is 231. The summed E-state index contributed by atoms with van der Waals surface area (Å²) in [5.41, 5.74) is 1.88. The molecule has 9 heavy (non-hydrogen) atoms. The molecule has 1 aromatic heterocycles. The highest BCUT2D eigenvalue weighted by atomic mass is 16.5. The molecule has 0 saturated heterocycles. The van der Waals surface area contributed by atoms with Crippen molar-refractivity contribution in [1.82, 2.24) is 5.16 Å². The molecule has 0 saturated carbocycles. The number of aryl methyl sites for hydroxylation is 1. The molecule has 0 aliphatic rings. The Hall–Kier alpha value is -1.23. The van der Waals surface area contributed by atoms with Crippen LogP contribution >= 0.6 is 0 Å². The molecule has 0 unspecified atom stereocenters. The largest absolute Gasteiger partial charge is 0.364 e. The molecule has 0 bridgehead atoms. The Kier molecular flexibility index (Phi) is 1.55. The third-order valence-electron chi connectivity index (χ3n) is 1.14. The Morgan fingerprint density at radius 3 is 3.11 bits per heavy atom. The smallest absolute Gasteiger partial charge is 0.128 e. The second-order valence-electron chi connectivity index (χ2n) is 1.81. The molecule has 2 nitrogen and oxygen atoms in total. The lowest BCUT2D eigenvalue weighted by molar-refractivity contribution is 0.414. The van der Waals surface area contributed by atoms with Crippen molar-refractivity contribution in [1.29, 1.82) is 0 Å². The first-order valence-electron chi connectivity index (χ1n) is 2.68. The Morgan fingerprint density at radius 1 is 1.89 bits per heavy atom. The zero-order valence-corrected chi connectivity index (χ0v) is 5.22. The number of nitrogens with zero attached hydrogens (tertiary/aromatic N) is 1. The maximum atomic E-state index is 5.07. The van der Waals surface area contributed by atoms with Crippen LogP contribution in [0.3, 0.4) is 0 Å². The summed E-state index contributed by atoms with van der Waals surface area (Å²) in [7, 11) is 0. The maximum absolute atomic E-state index is 5.07. The van der Waals surface area contributed by atoms with Gasteiger partial charge in [0.25, 0.3) is 0 Å². The molecule has 0 aliphatic carbocycles. The molecule has 0 fully saturated rings. The van der Waals surface area contributed by atoms with Crippen molar-refractivity contribution in [3.63, 3.8) is 0 Å². The molecule has 1 aromatic rings. The molecule has 1 rings (SSSR count). The monoisotopic (exact) mass is 121 g/mol. The summed E-state index contributed by atoms with van der Waals surface area (Å²) in [5.74, 6) is 2.51. The summed E-state index contributed by atoms with van der Waals surface area (Å²) >= 11 is 0. The van der Waals surface area contributed by atoms with Crippen LogP contribution in [0.15, 0.2) is 10.8 Å². The predicted molar refractivity (Wildman–Crippen MR) is 33.8 cm³/mol. The fourth-order valence-corrected chi connectivity index (χ4v) is 0.592. The standard InChI is InChI=1S/C7H7NO/c1-3-4-7-5-9-8-6(7)2/h1,5H,4H2,2H3. The van der Waals surface area contributed by atoms with Crippen LogP contribution in [0.25, 0.3) is 0 Å². The lowest BCUT2D eigenvalue weighted by Gasteiger charge is -1.82. The van der Waals surface area contributed by atoms with E-state index in [1.165, 1.54) is 0 Å². The van der Waals surface area contributed by atoms with E-state index in [0.29, 0.717) is 6.42 Å². The van der Waals surface area contributed by atoms with Crippen molar-refractivity contribution in [3.05, 3.63) is 17.5 Å². The van der Waals surface area contributed by atoms with Crippen molar-refractivity contribution in [2.24, 2.45) is 0 Å². The Balaban J connectivity index is 2.84. The molecule has 0 aliphatic heterocycles. The van der Waals surface area contributed by atoms with E-state index in [9.17, 15) is 0 Å². The van der Waals surface area contributed by atoms with Crippen LogP contribution in [-0.4, -0.2) is 5.16 Å². The first kappa shape index (κ1) is 5.90. The van der Waals surface area contributed by atoms with Crippen molar-refractivity contribution >= 4 is 0 Å². The second kappa shape index (κ2) is 2.36. The highest BCUT2D eigenvalue weighted by Crippen LogP contribution is 2.03. The molecule has 0 spiro atoms. The van der Waals surface area contributed by atoms with E-state index < -0.39 is 0 Å². The molecule has 2 heteroatoms. The number of hydrogen-bond acceptors (Lipinski definition) is 2. The summed E-state index contributed by atoms with van der Waals surface area (Å²) in [6.45, 7) is 1.87. The minimum atomic E-state index is 0.606. The lowest BCUT2D eigenvalue weighted by atomic mass is 10.2. The highest BCUT2D eigenvalue weighted by Gasteiger charge is 1.97. The molecule has 0 N–H and O–H groups in total. The number of terminal acetylenes is 1. The van der Waals surface area contributed by atoms with Gasteiger partial charge in [-0.05, 0) is 6.92 Å². The van der Waals surface area contributed by atoms with Crippen LogP contribution in [0.1, 0.15) is 11.3 Å². The topological polar surface area (TPSA) is 26.0 Å². The first-order valence-corrected chi connectivity index (χ1v) is 2.68. The molecule has 0 atom stereocenters. The van der Waals surface area contributed by atoms with Gasteiger partial charge >= 0.3 is 0 Å². The van der Waals surface area contributed by atoms with Gasteiger partial charge in [0.15, 0.2) is 0 Å². The summed E-state index contributed by atoms with van der Waals surface area (Å²) in [5, 5.41) is 3.66. The van der Waals surface area contributed by atoms with Gasteiger partial charge in [-0.25, -0.2) is 0 Å². The third-order valence-corrected chi connectivity index (χ3v) is 1.14. The molecule has 0 radical (unpaired) electrons. The Labute approximate surface area is 53.9 Å². The van der Waals surface area contributed by atoms with Gasteiger partial charge in [0.05, 0.1) is 5.69 Å². The number of hydrogen-bond donors (Lipinski definition) is 0. The van der Waals surface area contributed by atoms with Crippen molar-refractivity contribution < 1.29 is 4.52 Å². The quantitative estimate of drug-likeness (QED) is 0.521. The van der Waals surface area contributed by atoms with Crippen LogP contribution in [0.4, 0.5) is 0 Å². The second-order valence-corrected chi connectivity index (χ2v) is 1.81. The first-order chi connectivity index (χ1) is 4.34. The van der Waals surface area contributed by atoms with Crippen LogP contribution in [-0.2, 0) is 6.42 Å². The van der Waals surface area contributed by atoms with Crippen molar-refractivity contribution in [2.45, 2.75) is 13.3 Å². The van der Waals surface area contributed by atoms with Gasteiger partial charge < -0.3 is 4.52 Å². The van der Waals surface area contributed by atoms with Crippen LogP contribution in [0.2, 0.25) is 0 Å². The SMILES string of the molecule is C#CCc1conc1C. The van der Waals surface area contributed by atoms with E-state index in [0.717, 1.165) is 11.3 Å². The molecule has 0 aromatic carbocycles. The summed E-state index contributed by atoms with van der Waals surface area (Å²) in [4.78, 5) is 0. The van der Waals surface area contributed by atoms with Crippen LogP contribution < -0.4 is 0 Å². The molecule has 46 valence electrons. The lowest BCUT2D eigenvalue weighted by Crippen LogP contribution is -1.80. The number of aromatic nitrogens is 1. The summed E-state index contributed by atoms with van der Waals surface area (Å²) < 4.78 is 4.65. The van der Waals surface area contributed by atoms with Gasteiger partial charge in [0, 0.05) is 12.0 Å². The fourth-order valence-electron chi connectivity index (χ4n) is 0.592. The van der Waals surface area contributed by atoms with E-state index in [1.807, 2.05) is 6.92 Å². The van der Waals surface area contributed by atoms with Gasteiger partial charge in [-0.2, -0.15) is 0 Å². The zero-order valence-electron chi connectivity index (χ0n) is 5.22. The number of rotatable bonds is 1. The molecule has 1 heterocycles. The van der Waals surface area contributed by atoms with E-state index in [4.69, 9.17) is 6.42 Å². The highest BCUT2D eigenvalue weighted by molar-refractivity contribution is 5.17. The van der Waals surface area contributed by atoms with Crippen LogP contribution in [0, 0.1) is 19.3 Å². The van der Waals surface area contributed by atoms with Crippen molar-refractivity contribution in [2.75, 3.05) is 0 Å². The predicted octanol–water partition coefficient (Wildman–Crippen LogP) is 1.16. The van der Waals surface area contributed by atoms with Gasteiger partial charge in [0.2, 0.25) is 0 Å². The molecular formula is C7H7NO. The average molecular weight is 121 g/mol. The van der Waals surface area contributed by atoms with Gasteiger partial charge in [-0.15, -0.1) is 12.3 Å². The average Bonchev–Trinajstić information content (AvgIpc) is 2.18. The van der Waals surface area contributed by atoms with Crippen molar-refractivity contribution in [3.8, 4) is 12.3 Å². The minimum Gasteiger partial charge on any atom is -0.364 e. The van der Waals surface area contributed by atoms with E-state index in [1.54, 1.807) is 6.26 Å².